The summed E-state index contributed by atoms with van der Waals surface area (Å²) in [5, 5.41) is 0. The number of benzene rings is 2. The second-order valence-electron chi connectivity index (χ2n) is 7.80. The standard InChI is InChI=1S/C24H27FN2O5/c25-19-10-6-17(7-11-19)14-27(20-4-2-1-3-5-20)23(29)16-32-24(30)18-8-12-21(13-9-18)31-15-22(26)28/h6-13,20H,1-5,14-16H2,(H2,26,28). The van der Waals surface area contributed by atoms with E-state index in [2.05, 4.69) is 0 Å². The Bertz CT molecular complexity index is 924. The highest BCUT2D eigenvalue weighted by atomic mass is 19.1. The highest BCUT2D eigenvalue weighted by Crippen LogP contribution is 2.24. The van der Waals surface area contributed by atoms with E-state index in [1.54, 1.807) is 17.0 Å². The van der Waals surface area contributed by atoms with Crippen molar-refractivity contribution < 1.29 is 28.2 Å². The molecule has 170 valence electrons. The van der Waals surface area contributed by atoms with Gasteiger partial charge in [0, 0.05) is 12.6 Å². The Morgan fingerprint density at radius 1 is 0.938 bits per heavy atom. The van der Waals surface area contributed by atoms with Crippen molar-refractivity contribution in [3.63, 3.8) is 0 Å². The van der Waals surface area contributed by atoms with Gasteiger partial charge in [-0.1, -0.05) is 31.4 Å². The van der Waals surface area contributed by atoms with E-state index in [4.69, 9.17) is 15.2 Å². The van der Waals surface area contributed by atoms with Crippen LogP contribution < -0.4 is 10.5 Å². The van der Waals surface area contributed by atoms with Gasteiger partial charge in [-0.25, -0.2) is 9.18 Å². The van der Waals surface area contributed by atoms with Crippen LogP contribution in [0.15, 0.2) is 48.5 Å². The molecular weight excluding hydrogens is 415 g/mol. The van der Waals surface area contributed by atoms with Crippen molar-refractivity contribution in [3.8, 4) is 5.75 Å². The molecule has 0 heterocycles. The zero-order valence-electron chi connectivity index (χ0n) is 17.8. The largest absolute Gasteiger partial charge is 0.484 e. The van der Waals surface area contributed by atoms with Gasteiger partial charge in [-0.3, -0.25) is 9.59 Å². The van der Waals surface area contributed by atoms with Crippen molar-refractivity contribution in [2.45, 2.75) is 44.7 Å². The number of hydrogen-bond donors (Lipinski definition) is 1. The van der Waals surface area contributed by atoms with E-state index in [0.717, 1.165) is 37.7 Å². The van der Waals surface area contributed by atoms with Gasteiger partial charge >= 0.3 is 5.97 Å². The third-order valence-electron chi connectivity index (χ3n) is 5.40. The second kappa shape index (κ2) is 11.3. The van der Waals surface area contributed by atoms with E-state index >= 15 is 0 Å². The number of ether oxygens (including phenoxy) is 2. The maximum atomic E-state index is 13.2. The highest BCUT2D eigenvalue weighted by molar-refractivity contribution is 5.91. The quantitative estimate of drug-likeness (QED) is 0.602. The van der Waals surface area contributed by atoms with Gasteiger partial charge < -0.3 is 20.1 Å². The number of hydrogen-bond acceptors (Lipinski definition) is 5. The molecule has 32 heavy (non-hydrogen) atoms. The smallest absolute Gasteiger partial charge is 0.338 e. The molecular formula is C24H27FN2O5. The van der Waals surface area contributed by atoms with Crippen molar-refractivity contribution in [1.29, 1.82) is 0 Å². The fourth-order valence-electron chi connectivity index (χ4n) is 3.74. The van der Waals surface area contributed by atoms with Crippen molar-refractivity contribution in [3.05, 3.63) is 65.5 Å². The Morgan fingerprint density at radius 2 is 1.59 bits per heavy atom. The first-order chi connectivity index (χ1) is 15.4. The molecule has 0 saturated heterocycles. The van der Waals surface area contributed by atoms with Gasteiger partial charge in [0.05, 0.1) is 5.56 Å². The molecule has 2 aromatic carbocycles. The predicted octanol–water partition coefficient (Wildman–Crippen LogP) is 3.21. The molecule has 0 unspecified atom stereocenters. The SMILES string of the molecule is NC(=O)COc1ccc(C(=O)OCC(=O)N(Cc2ccc(F)cc2)C2CCCCC2)cc1. The lowest BCUT2D eigenvalue weighted by Gasteiger charge is -2.34. The molecule has 3 rings (SSSR count). The maximum Gasteiger partial charge on any atom is 0.338 e. The van der Waals surface area contributed by atoms with Gasteiger partial charge in [0.1, 0.15) is 11.6 Å². The van der Waals surface area contributed by atoms with Crippen molar-refractivity contribution in [2.24, 2.45) is 5.73 Å². The zero-order chi connectivity index (χ0) is 22.9. The number of nitrogens with zero attached hydrogens (tertiary/aromatic N) is 1. The zero-order valence-corrected chi connectivity index (χ0v) is 17.8. The van der Waals surface area contributed by atoms with Crippen molar-refractivity contribution >= 4 is 17.8 Å². The fraction of sp³-hybridized carbons (Fsp3) is 0.375. The van der Waals surface area contributed by atoms with Crippen molar-refractivity contribution in [2.75, 3.05) is 13.2 Å². The normalized spacial score (nSPS) is 13.9. The summed E-state index contributed by atoms with van der Waals surface area (Å²) in [6.07, 6.45) is 5.02. The summed E-state index contributed by atoms with van der Waals surface area (Å²) in [6.45, 7) is -0.299. The Morgan fingerprint density at radius 3 is 2.22 bits per heavy atom. The molecule has 7 nitrogen and oxygen atoms in total. The van der Waals surface area contributed by atoms with Crippen LogP contribution in [0.3, 0.4) is 0 Å². The average Bonchev–Trinajstić information content (AvgIpc) is 2.81. The molecule has 0 aromatic heterocycles. The van der Waals surface area contributed by atoms with E-state index in [1.807, 2.05) is 0 Å². The highest BCUT2D eigenvalue weighted by Gasteiger charge is 2.26. The molecule has 2 amide bonds. The molecule has 2 aromatic rings. The minimum absolute atomic E-state index is 0.0710. The fourth-order valence-corrected chi connectivity index (χ4v) is 3.74. The first-order valence-electron chi connectivity index (χ1n) is 10.6. The van der Waals surface area contributed by atoms with Gasteiger partial charge in [-0.15, -0.1) is 0 Å². The molecule has 0 spiro atoms. The maximum absolute atomic E-state index is 13.2. The number of carbonyl (C=O) groups is 3. The van der Waals surface area contributed by atoms with E-state index in [9.17, 15) is 18.8 Å². The Labute approximate surface area is 186 Å². The van der Waals surface area contributed by atoms with Gasteiger partial charge in [0.2, 0.25) is 0 Å². The van der Waals surface area contributed by atoms with Crippen LogP contribution in [0.25, 0.3) is 0 Å². The Balaban J connectivity index is 1.60. The second-order valence-corrected chi connectivity index (χ2v) is 7.80. The van der Waals surface area contributed by atoms with Crippen LogP contribution >= 0.6 is 0 Å². The molecule has 1 saturated carbocycles. The van der Waals surface area contributed by atoms with Crippen molar-refractivity contribution in [1.82, 2.24) is 4.90 Å². The summed E-state index contributed by atoms with van der Waals surface area (Å²) in [5.74, 6) is -1.46. The summed E-state index contributed by atoms with van der Waals surface area (Å²) in [7, 11) is 0. The van der Waals surface area contributed by atoms with Crippen LogP contribution in [-0.4, -0.2) is 41.9 Å². The topological polar surface area (TPSA) is 98.9 Å². The first kappa shape index (κ1) is 23.2. The lowest BCUT2D eigenvalue weighted by atomic mass is 9.93. The number of carbonyl (C=O) groups excluding carboxylic acids is 3. The number of esters is 1. The van der Waals surface area contributed by atoms with E-state index in [0.29, 0.717) is 12.3 Å². The minimum atomic E-state index is -0.634. The summed E-state index contributed by atoms with van der Waals surface area (Å²) in [4.78, 5) is 37.8. The Kier molecular flexibility index (Phi) is 8.19. The summed E-state index contributed by atoms with van der Waals surface area (Å²) >= 11 is 0. The van der Waals surface area contributed by atoms with Crippen LogP contribution in [0.2, 0.25) is 0 Å². The lowest BCUT2D eigenvalue weighted by molar-refractivity contribution is -0.138. The summed E-state index contributed by atoms with van der Waals surface area (Å²) in [5.41, 5.74) is 6.11. The molecule has 1 aliphatic carbocycles. The third-order valence-corrected chi connectivity index (χ3v) is 5.40. The van der Waals surface area contributed by atoms with Gasteiger partial charge in [0.15, 0.2) is 13.2 Å². The van der Waals surface area contributed by atoms with Crippen LogP contribution in [0.5, 0.6) is 5.75 Å². The number of rotatable bonds is 9. The van der Waals surface area contributed by atoms with Crippen LogP contribution in [0.1, 0.15) is 48.0 Å². The minimum Gasteiger partial charge on any atom is -0.484 e. The van der Waals surface area contributed by atoms with Crippen LogP contribution in [-0.2, 0) is 20.9 Å². The van der Waals surface area contributed by atoms with E-state index in [-0.39, 0.29) is 36.5 Å². The molecule has 0 bridgehead atoms. The summed E-state index contributed by atoms with van der Waals surface area (Å²) in [6, 6.07) is 12.1. The molecule has 0 radical (unpaired) electrons. The number of nitrogens with two attached hydrogens (primary N) is 1. The Hall–Kier alpha value is -3.42. The number of amides is 2. The van der Waals surface area contributed by atoms with Crippen LogP contribution in [0, 0.1) is 5.82 Å². The molecule has 2 N–H and O–H groups in total. The van der Waals surface area contributed by atoms with Gasteiger partial charge in [-0.2, -0.15) is 0 Å². The van der Waals surface area contributed by atoms with Gasteiger partial charge in [-0.05, 0) is 54.8 Å². The average molecular weight is 442 g/mol. The molecule has 0 aliphatic heterocycles. The third kappa shape index (κ3) is 6.80. The number of primary amides is 1. The molecule has 0 atom stereocenters. The van der Waals surface area contributed by atoms with Gasteiger partial charge in [0.25, 0.3) is 11.8 Å². The first-order valence-corrected chi connectivity index (χ1v) is 10.6. The van der Waals surface area contributed by atoms with E-state index in [1.165, 1.54) is 36.4 Å². The summed E-state index contributed by atoms with van der Waals surface area (Å²) < 4.78 is 23.6. The van der Waals surface area contributed by atoms with E-state index < -0.39 is 11.9 Å². The molecule has 8 heteroatoms. The molecule has 1 fully saturated rings. The lowest BCUT2D eigenvalue weighted by Crippen LogP contribution is -2.43. The monoisotopic (exact) mass is 442 g/mol. The molecule has 1 aliphatic rings. The number of halogens is 1. The van der Waals surface area contributed by atoms with Crippen LogP contribution in [0.4, 0.5) is 4.39 Å². The predicted molar refractivity (Wildman–Crippen MR) is 115 cm³/mol.